The zero-order valence-corrected chi connectivity index (χ0v) is 10.6. The molecule has 2 aliphatic rings. The Kier molecular flexibility index (Phi) is 2.26. The molecule has 0 radical (unpaired) electrons. The van der Waals surface area contributed by atoms with Crippen LogP contribution in [-0.4, -0.2) is 16.7 Å². The van der Waals surface area contributed by atoms with Crippen LogP contribution in [0.2, 0.25) is 0 Å². The smallest absolute Gasteiger partial charge is 0.233 e. The topological polar surface area (TPSA) is 63.4 Å². The summed E-state index contributed by atoms with van der Waals surface area (Å²) in [5.74, 6) is -0.129. The van der Waals surface area contributed by atoms with E-state index >= 15 is 0 Å². The lowest BCUT2D eigenvalue weighted by Crippen LogP contribution is -2.32. The van der Waals surface area contributed by atoms with Crippen LogP contribution in [0.5, 0.6) is 0 Å². The van der Waals surface area contributed by atoms with Gasteiger partial charge < -0.3 is 5.73 Å². The van der Waals surface area contributed by atoms with Gasteiger partial charge in [-0.2, -0.15) is 0 Å². The van der Waals surface area contributed by atoms with Gasteiger partial charge in [0.1, 0.15) is 0 Å². The van der Waals surface area contributed by atoms with Gasteiger partial charge in [-0.1, -0.05) is 15.9 Å². The van der Waals surface area contributed by atoms with E-state index in [9.17, 15) is 9.59 Å². The van der Waals surface area contributed by atoms with Gasteiger partial charge in [-0.05, 0) is 30.2 Å². The summed E-state index contributed by atoms with van der Waals surface area (Å²) in [6, 6.07) is 5.45. The first-order valence-electron chi connectivity index (χ1n) is 5.46. The molecular weight excluding hydrogens is 284 g/mol. The molecule has 1 aliphatic heterocycles. The molecule has 0 spiro atoms. The molecule has 1 aromatic carbocycles. The Morgan fingerprint density at radius 3 is 2.47 bits per heavy atom. The molecule has 2 amide bonds. The molecule has 17 heavy (non-hydrogen) atoms. The predicted octanol–water partition coefficient (Wildman–Crippen LogP) is 1.54. The summed E-state index contributed by atoms with van der Waals surface area (Å²) >= 11 is 3.34. The number of benzene rings is 1. The highest BCUT2D eigenvalue weighted by atomic mass is 79.9. The number of imide groups is 1. The molecule has 1 saturated heterocycles. The number of anilines is 1. The summed E-state index contributed by atoms with van der Waals surface area (Å²) in [6.45, 7) is 0.328. The fraction of sp³-hybridized carbons (Fsp3) is 0.333. The first-order valence-corrected chi connectivity index (χ1v) is 6.26. The van der Waals surface area contributed by atoms with Crippen LogP contribution in [0.25, 0.3) is 0 Å². The summed E-state index contributed by atoms with van der Waals surface area (Å²) in [6.07, 6.45) is 0.745. The monoisotopic (exact) mass is 294 g/mol. The SMILES string of the molecule is Nc1cc(Br)cc(CN2C(=O)C3CC3C2=O)c1. The second-order valence-electron chi connectivity index (χ2n) is 4.60. The summed E-state index contributed by atoms with van der Waals surface area (Å²) in [7, 11) is 0. The lowest BCUT2D eigenvalue weighted by atomic mass is 10.2. The Morgan fingerprint density at radius 2 is 1.88 bits per heavy atom. The number of piperidine rings is 1. The Balaban J connectivity index is 1.83. The Hall–Kier alpha value is -1.36. The molecule has 4 nitrogen and oxygen atoms in total. The Labute approximate surface area is 107 Å². The van der Waals surface area contributed by atoms with E-state index < -0.39 is 0 Å². The molecule has 2 fully saturated rings. The maximum Gasteiger partial charge on any atom is 0.233 e. The minimum Gasteiger partial charge on any atom is -0.399 e. The van der Waals surface area contributed by atoms with Crippen molar-refractivity contribution in [2.24, 2.45) is 11.8 Å². The molecule has 1 heterocycles. The number of hydrogen-bond donors (Lipinski definition) is 1. The van der Waals surface area contributed by atoms with E-state index in [-0.39, 0.29) is 23.7 Å². The van der Waals surface area contributed by atoms with Crippen molar-refractivity contribution in [3.63, 3.8) is 0 Å². The molecule has 2 N–H and O–H groups in total. The molecule has 3 rings (SSSR count). The first-order chi connectivity index (χ1) is 8.06. The predicted molar refractivity (Wildman–Crippen MR) is 65.7 cm³/mol. The molecule has 1 aliphatic carbocycles. The quantitative estimate of drug-likeness (QED) is 0.665. The maximum atomic E-state index is 11.8. The molecule has 1 aromatic rings. The standard InChI is InChI=1S/C12H11BrN2O2/c13-7-1-6(2-8(14)3-7)5-15-11(16)9-4-10(9)12(15)17/h1-3,9-10H,4-5,14H2. The van der Waals surface area contributed by atoms with Crippen LogP contribution in [0.1, 0.15) is 12.0 Å². The van der Waals surface area contributed by atoms with E-state index in [2.05, 4.69) is 15.9 Å². The molecule has 5 heteroatoms. The molecule has 2 atom stereocenters. The number of amides is 2. The third kappa shape index (κ3) is 1.74. The van der Waals surface area contributed by atoms with Crippen LogP contribution >= 0.6 is 15.9 Å². The fourth-order valence-corrected chi connectivity index (χ4v) is 2.91. The zero-order chi connectivity index (χ0) is 12.2. The number of likely N-dealkylation sites (tertiary alicyclic amines) is 1. The Bertz CT molecular complexity index is 489. The lowest BCUT2D eigenvalue weighted by molar-refractivity contribution is -0.142. The number of rotatable bonds is 2. The highest BCUT2D eigenvalue weighted by Crippen LogP contribution is 2.47. The average molecular weight is 295 g/mol. The second kappa shape index (κ2) is 3.57. The van der Waals surface area contributed by atoms with Crippen molar-refractivity contribution in [3.05, 3.63) is 28.2 Å². The largest absolute Gasteiger partial charge is 0.399 e. The van der Waals surface area contributed by atoms with Crippen LogP contribution < -0.4 is 5.73 Å². The first kappa shape index (κ1) is 10.8. The fourth-order valence-electron chi connectivity index (χ4n) is 2.35. The van der Waals surface area contributed by atoms with Gasteiger partial charge in [0.15, 0.2) is 0 Å². The van der Waals surface area contributed by atoms with Crippen LogP contribution in [0.15, 0.2) is 22.7 Å². The van der Waals surface area contributed by atoms with E-state index in [0.717, 1.165) is 16.5 Å². The van der Waals surface area contributed by atoms with Crippen LogP contribution in [0.4, 0.5) is 5.69 Å². The molecule has 0 bridgehead atoms. The average Bonchev–Trinajstić information content (AvgIpc) is 2.98. The zero-order valence-electron chi connectivity index (χ0n) is 9.02. The second-order valence-corrected chi connectivity index (χ2v) is 5.52. The van der Waals surface area contributed by atoms with Gasteiger partial charge in [0.05, 0.1) is 18.4 Å². The minimum absolute atomic E-state index is 0.0291. The third-order valence-electron chi connectivity index (χ3n) is 3.28. The number of nitrogen functional groups attached to an aromatic ring is 1. The van der Waals surface area contributed by atoms with E-state index in [1.54, 1.807) is 12.1 Å². The molecule has 0 aromatic heterocycles. The van der Waals surface area contributed by atoms with Crippen molar-refractivity contribution in [2.75, 3.05) is 5.73 Å². The van der Waals surface area contributed by atoms with Gasteiger partial charge in [-0.15, -0.1) is 0 Å². The number of hydrogen-bond acceptors (Lipinski definition) is 3. The Morgan fingerprint density at radius 1 is 1.24 bits per heavy atom. The van der Waals surface area contributed by atoms with Gasteiger partial charge in [0.2, 0.25) is 11.8 Å². The van der Waals surface area contributed by atoms with E-state index in [0.29, 0.717) is 12.2 Å². The molecule has 2 unspecified atom stereocenters. The number of nitrogens with two attached hydrogens (primary N) is 1. The number of fused-ring (bicyclic) bond motifs is 1. The van der Waals surface area contributed by atoms with Gasteiger partial charge in [0.25, 0.3) is 0 Å². The maximum absolute atomic E-state index is 11.8. The van der Waals surface area contributed by atoms with Gasteiger partial charge in [-0.3, -0.25) is 14.5 Å². The summed E-state index contributed by atoms with van der Waals surface area (Å²) in [4.78, 5) is 24.9. The van der Waals surface area contributed by atoms with Crippen molar-refractivity contribution in [1.29, 1.82) is 0 Å². The van der Waals surface area contributed by atoms with Crippen LogP contribution in [-0.2, 0) is 16.1 Å². The molecule has 88 valence electrons. The van der Waals surface area contributed by atoms with Crippen molar-refractivity contribution in [1.82, 2.24) is 4.90 Å². The molecular formula is C12H11BrN2O2. The van der Waals surface area contributed by atoms with Gasteiger partial charge in [-0.25, -0.2) is 0 Å². The molecule has 1 saturated carbocycles. The van der Waals surface area contributed by atoms with Crippen molar-refractivity contribution >= 4 is 33.4 Å². The number of carbonyl (C=O) groups excluding carboxylic acids is 2. The van der Waals surface area contributed by atoms with Gasteiger partial charge >= 0.3 is 0 Å². The van der Waals surface area contributed by atoms with Crippen molar-refractivity contribution in [3.8, 4) is 0 Å². The number of halogens is 1. The third-order valence-corrected chi connectivity index (χ3v) is 3.74. The van der Waals surface area contributed by atoms with Crippen molar-refractivity contribution < 1.29 is 9.59 Å². The van der Waals surface area contributed by atoms with Crippen molar-refractivity contribution in [2.45, 2.75) is 13.0 Å². The van der Waals surface area contributed by atoms with E-state index in [4.69, 9.17) is 5.73 Å². The summed E-state index contributed by atoms with van der Waals surface area (Å²) in [5, 5.41) is 0. The van der Waals surface area contributed by atoms with Crippen LogP contribution in [0.3, 0.4) is 0 Å². The summed E-state index contributed by atoms with van der Waals surface area (Å²) < 4.78 is 0.858. The van der Waals surface area contributed by atoms with E-state index in [1.807, 2.05) is 6.07 Å². The lowest BCUT2D eigenvalue weighted by Gasteiger charge is -2.16. The van der Waals surface area contributed by atoms with Gasteiger partial charge in [0, 0.05) is 10.2 Å². The van der Waals surface area contributed by atoms with E-state index in [1.165, 1.54) is 4.90 Å². The highest BCUT2D eigenvalue weighted by Gasteiger charge is 2.58. The summed E-state index contributed by atoms with van der Waals surface area (Å²) in [5.41, 5.74) is 7.22. The normalized spacial score (nSPS) is 26.3. The van der Waals surface area contributed by atoms with Crippen LogP contribution in [0, 0.1) is 11.8 Å². The minimum atomic E-state index is -0.0352. The highest BCUT2D eigenvalue weighted by molar-refractivity contribution is 9.10. The number of carbonyl (C=O) groups is 2. The number of nitrogens with zero attached hydrogens (tertiary/aromatic N) is 1.